The van der Waals surface area contributed by atoms with Gasteiger partial charge in [-0.15, -0.1) is 0 Å². The molecule has 11 heteroatoms. The minimum atomic E-state index is -3.42. The molecule has 0 fully saturated rings. The van der Waals surface area contributed by atoms with Crippen LogP contribution in [0.2, 0.25) is 0 Å². The topological polar surface area (TPSA) is 114 Å². The highest BCUT2D eigenvalue weighted by atomic mass is 32.2. The lowest BCUT2D eigenvalue weighted by molar-refractivity contribution is 0.177. The first-order valence-corrected chi connectivity index (χ1v) is 11.2. The van der Waals surface area contributed by atoms with Gasteiger partial charge in [-0.05, 0) is 24.1 Å². The average molecular weight is 436 g/mol. The standard InChI is InChI=1S/C19H29N7O3S/c1-20-19(21-11-14-5-8-16(9-6-14)30(27,28)25(2)3)22-15-7-10-18-23-17(13-29-4)24-26(18)12-15/h5-6,8-9,15H,7,10-13H2,1-4H3,(H2,20,21,22). The number of rotatable bonds is 7. The fraction of sp³-hybridized carbons (Fsp3) is 0.526. The number of benzene rings is 1. The van der Waals surface area contributed by atoms with Crippen LogP contribution in [0.15, 0.2) is 34.2 Å². The predicted octanol–water partition coefficient (Wildman–Crippen LogP) is 0.355. The summed E-state index contributed by atoms with van der Waals surface area (Å²) in [6.45, 7) is 1.65. The first kappa shape index (κ1) is 22.2. The molecule has 1 aliphatic heterocycles. The number of nitrogens with one attached hydrogen (secondary N) is 2. The number of sulfonamides is 1. The molecule has 2 heterocycles. The lowest BCUT2D eigenvalue weighted by atomic mass is 10.1. The van der Waals surface area contributed by atoms with Crippen LogP contribution in [0.25, 0.3) is 0 Å². The third-order valence-electron chi connectivity index (χ3n) is 4.90. The molecule has 0 bridgehead atoms. The maximum atomic E-state index is 12.2. The number of aromatic nitrogens is 3. The van der Waals surface area contributed by atoms with Crippen molar-refractivity contribution >= 4 is 16.0 Å². The Balaban J connectivity index is 1.55. The first-order valence-electron chi connectivity index (χ1n) is 9.73. The summed E-state index contributed by atoms with van der Waals surface area (Å²) in [4.78, 5) is 9.06. The summed E-state index contributed by atoms with van der Waals surface area (Å²) in [5.74, 6) is 2.37. The van der Waals surface area contributed by atoms with Crippen molar-refractivity contribution in [1.82, 2.24) is 29.7 Å². The third-order valence-corrected chi connectivity index (χ3v) is 6.73. The number of nitrogens with zero attached hydrogens (tertiary/aromatic N) is 5. The van der Waals surface area contributed by atoms with Crippen molar-refractivity contribution in [3.8, 4) is 0 Å². The number of ether oxygens (including phenoxy) is 1. The van der Waals surface area contributed by atoms with Crippen molar-refractivity contribution < 1.29 is 13.2 Å². The van der Waals surface area contributed by atoms with Gasteiger partial charge in [-0.3, -0.25) is 4.99 Å². The molecule has 2 aromatic rings. The van der Waals surface area contributed by atoms with Gasteiger partial charge in [0.15, 0.2) is 11.8 Å². The molecule has 0 saturated carbocycles. The van der Waals surface area contributed by atoms with E-state index in [9.17, 15) is 8.42 Å². The molecule has 1 atom stereocenters. The number of aryl methyl sites for hydroxylation is 1. The quantitative estimate of drug-likeness (QED) is 0.477. The van der Waals surface area contributed by atoms with E-state index >= 15 is 0 Å². The van der Waals surface area contributed by atoms with Crippen LogP contribution in [0, 0.1) is 0 Å². The highest BCUT2D eigenvalue weighted by Gasteiger charge is 2.22. The van der Waals surface area contributed by atoms with Crippen LogP contribution in [-0.4, -0.2) is 67.7 Å². The molecule has 1 unspecified atom stereocenters. The Kier molecular flexibility index (Phi) is 7.06. The third kappa shape index (κ3) is 5.15. The van der Waals surface area contributed by atoms with Gasteiger partial charge in [0.2, 0.25) is 10.0 Å². The maximum absolute atomic E-state index is 12.2. The summed E-state index contributed by atoms with van der Waals surface area (Å²) >= 11 is 0. The van der Waals surface area contributed by atoms with E-state index in [-0.39, 0.29) is 10.9 Å². The van der Waals surface area contributed by atoms with Crippen molar-refractivity contribution in [2.45, 2.75) is 43.5 Å². The molecule has 0 aliphatic carbocycles. The molecule has 10 nitrogen and oxygen atoms in total. The molecule has 1 aliphatic rings. The number of guanidine groups is 1. The lowest BCUT2D eigenvalue weighted by Gasteiger charge is -2.25. The Labute approximate surface area is 177 Å². The minimum Gasteiger partial charge on any atom is -0.377 e. The van der Waals surface area contributed by atoms with Gasteiger partial charge in [-0.1, -0.05) is 12.1 Å². The van der Waals surface area contributed by atoms with Crippen molar-refractivity contribution in [3.63, 3.8) is 0 Å². The molecule has 0 amide bonds. The zero-order valence-electron chi connectivity index (χ0n) is 17.8. The molecule has 30 heavy (non-hydrogen) atoms. The molecule has 2 N–H and O–H groups in total. The number of hydrogen-bond acceptors (Lipinski definition) is 6. The number of hydrogen-bond donors (Lipinski definition) is 2. The number of methoxy groups -OCH3 is 1. The van der Waals surface area contributed by atoms with E-state index in [1.165, 1.54) is 18.4 Å². The smallest absolute Gasteiger partial charge is 0.242 e. The lowest BCUT2D eigenvalue weighted by Crippen LogP contribution is -2.46. The molecule has 164 valence electrons. The Bertz CT molecular complexity index is 984. The summed E-state index contributed by atoms with van der Waals surface area (Å²) in [5, 5.41) is 11.2. The van der Waals surface area contributed by atoms with Crippen LogP contribution in [0.5, 0.6) is 0 Å². The van der Waals surface area contributed by atoms with E-state index in [2.05, 4.69) is 25.7 Å². The molecule has 1 aromatic heterocycles. The maximum Gasteiger partial charge on any atom is 0.242 e. The SMILES string of the molecule is CN=C(NCc1ccc(S(=O)(=O)N(C)C)cc1)NC1CCc2nc(COC)nn2C1. The van der Waals surface area contributed by atoms with Gasteiger partial charge in [0.1, 0.15) is 12.4 Å². The molecule has 0 spiro atoms. The van der Waals surface area contributed by atoms with Crippen LogP contribution >= 0.6 is 0 Å². The average Bonchev–Trinajstić information content (AvgIpc) is 3.13. The van der Waals surface area contributed by atoms with Crippen LogP contribution in [0.1, 0.15) is 23.6 Å². The van der Waals surface area contributed by atoms with Crippen LogP contribution in [0.4, 0.5) is 0 Å². The second kappa shape index (κ2) is 9.54. The monoisotopic (exact) mass is 435 g/mol. The van der Waals surface area contributed by atoms with Gasteiger partial charge in [0.25, 0.3) is 0 Å². The fourth-order valence-corrected chi connectivity index (χ4v) is 4.13. The Morgan fingerprint density at radius 2 is 2.07 bits per heavy atom. The van der Waals surface area contributed by atoms with Gasteiger partial charge in [0.05, 0.1) is 11.4 Å². The summed E-state index contributed by atoms with van der Waals surface area (Å²) in [6.07, 6.45) is 1.77. The minimum absolute atomic E-state index is 0.188. The number of aliphatic imine (C=N–C) groups is 1. The van der Waals surface area contributed by atoms with Gasteiger partial charge in [0, 0.05) is 47.3 Å². The molecule has 1 aromatic carbocycles. The van der Waals surface area contributed by atoms with E-state index in [0.717, 1.165) is 24.2 Å². The molecule has 3 rings (SSSR count). The second-order valence-corrected chi connectivity index (χ2v) is 9.45. The normalized spacial score (nSPS) is 17.1. The van der Waals surface area contributed by atoms with Crippen molar-refractivity contribution in [2.24, 2.45) is 4.99 Å². The van der Waals surface area contributed by atoms with E-state index < -0.39 is 10.0 Å². The van der Waals surface area contributed by atoms with Crippen LogP contribution in [0.3, 0.4) is 0 Å². The highest BCUT2D eigenvalue weighted by molar-refractivity contribution is 7.89. The van der Waals surface area contributed by atoms with Gasteiger partial charge < -0.3 is 15.4 Å². The summed E-state index contributed by atoms with van der Waals surface area (Å²) in [5.41, 5.74) is 0.960. The van der Waals surface area contributed by atoms with E-state index in [0.29, 0.717) is 31.5 Å². The highest BCUT2D eigenvalue weighted by Crippen LogP contribution is 2.15. The molecular formula is C19H29N7O3S. The second-order valence-electron chi connectivity index (χ2n) is 7.30. The van der Waals surface area contributed by atoms with E-state index in [1.807, 2.05) is 4.68 Å². The summed E-state index contributed by atoms with van der Waals surface area (Å²) in [6, 6.07) is 7.03. The largest absolute Gasteiger partial charge is 0.377 e. The predicted molar refractivity (Wildman–Crippen MR) is 113 cm³/mol. The van der Waals surface area contributed by atoms with Gasteiger partial charge in [-0.25, -0.2) is 22.4 Å². The van der Waals surface area contributed by atoms with Crippen molar-refractivity contribution in [3.05, 3.63) is 41.5 Å². The van der Waals surface area contributed by atoms with Crippen LogP contribution < -0.4 is 10.6 Å². The molecule has 0 radical (unpaired) electrons. The molecule has 0 saturated heterocycles. The zero-order valence-corrected chi connectivity index (χ0v) is 18.6. The zero-order chi connectivity index (χ0) is 21.7. The first-order chi connectivity index (χ1) is 14.3. The van der Waals surface area contributed by atoms with E-state index in [4.69, 9.17) is 4.74 Å². The number of fused-ring (bicyclic) bond motifs is 1. The van der Waals surface area contributed by atoms with Crippen LogP contribution in [-0.2, 0) is 40.9 Å². The van der Waals surface area contributed by atoms with Crippen molar-refractivity contribution in [2.75, 3.05) is 28.3 Å². The molecular weight excluding hydrogens is 406 g/mol. The fourth-order valence-electron chi connectivity index (χ4n) is 3.23. The summed E-state index contributed by atoms with van der Waals surface area (Å²) < 4.78 is 32.6. The van der Waals surface area contributed by atoms with Gasteiger partial charge >= 0.3 is 0 Å². The van der Waals surface area contributed by atoms with E-state index in [1.54, 1.807) is 38.4 Å². The van der Waals surface area contributed by atoms with Gasteiger partial charge in [-0.2, -0.15) is 5.10 Å². The Hall–Kier alpha value is -2.50. The van der Waals surface area contributed by atoms with Crippen molar-refractivity contribution in [1.29, 1.82) is 0 Å². The summed E-state index contributed by atoms with van der Waals surface area (Å²) in [7, 11) is 2.98. The Morgan fingerprint density at radius 3 is 2.70 bits per heavy atom. The Morgan fingerprint density at radius 1 is 1.33 bits per heavy atom.